The Hall–Kier alpha value is -0.120. The van der Waals surface area contributed by atoms with E-state index in [1.54, 1.807) is 7.11 Å². The molecule has 2 rings (SSSR count). The number of hydrogen-bond donors (Lipinski definition) is 1. The molecule has 1 aliphatic carbocycles. The van der Waals surface area contributed by atoms with Crippen molar-refractivity contribution in [2.24, 2.45) is 11.3 Å². The summed E-state index contributed by atoms with van der Waals surface area (Å²) in [7, 11) is 1.79. The fraction of sp³-hybridized carbons (Fsp3) is 1.00. The van der Waals surface area contributed by atoms with Crippen LogP contribution in [0.1, 0.15) is 32.1 Å². The van der Waals surface area contributed by atoms with E-state index in [9.17, 15) is 0 Å². The van der Waals surface area contributed by atoms with Crippen molar-refractivity contribution in [3.05, 3.63) is 0 Å². The van der Waals surface area contributed by atoms with Gasteiger partial charge in [0.25, 0.3) is 0 Å². The van der Waals surface area contributed by atoms with Crippen molar-refractivity contribution in [2.75, 3.05) is 40.0 Å². The largest absolute Gasteiger partial charge is 0.385 e. The zero-order valence-corrected chi connectivity index (χ0v) is 10.5. The van der Waals surface area contributed by atoms with Gasteiger partial charge in [-0.25, -0.2) is 0 Å². The first-order chi connectivity index (χ1) is 7.85. The Morgan fingerprint density at radius 2 is 2.31 bits per heavy atom. The molecule has 16 heavy (non-hydrogen) atoms. The van der Waals surface area contributed by atoms with Crippen molar-refractivity contribution in [1.82, 2.24) is 5.32 Å². The van der Waals surface area contributed by atoms with E-state index in [4.69, 9.17) is 9.47 Å². The van der Waals surface area contributed by atoms with Crippen LogP contribution < -0.4 is 5.32 Å². The van der Waals surface area contributed by atoms with Gasteiger partial charge >= 0.3 is 0 Å². The zero-order chi connectivity index (χ0) is 11.3. The number of methoxy groups -OCH3 is 1. The van der Waals surface area contributed by atoms with Crippen molar-refractivity contribution >= 4 is 0 Å². The molecule has 94 valence electrons. The van der Waals surface area contributed by atoms with Crippen molar-refractivity contribution in [3.63, 3.8) is 0 Å². The lowest BCUT2D eigenvalue weighted by atomic mass is 10.0. The molecule has 1 unspecified atom stereocenters. The number of ether oxygens (including phenoxy) is 2. The second kappa shape index (κ2) is 5.99. The second-order valence-corrected chi connectivity index (χ2v) is 5.46. The molecule has 0 bridgehead atoms. The third-order valence-electron chi connectivity index (χ3n) is 3.98. The quantitative estimate of drug-likeness (QED) is 0.719. The lowest BCUT2D eigenvalue weighted by Gasteiger charge is -2.23. The summed E-state index contributed by atoms with van der Waals surface area (Å²) in [6, 6.07) is 0. The molecule has 0 aromatic rings. The smallest absolute Gasteiger partial charge is 0.0506 e. The Morgan fingerprint density at radius 1 is 1.44 bits per heavy atom. The molecular formula is C13H25NO2. The summed E-state index contributed by atoms with van der Waals surface area (Å²) in [4.78, 5) is 0. The summed E-state index contributed by atoms with van der Waals surface area (Å²) < 4.78 is 10.7. The van der Waals surface area contributed by atoms with Crippen molar-refractivity contribution in [2.45, 2.75) is 32.1 Å². The van der Waals surface area contributed by atoms with Crippen LogP contribution >= 0.6 is 0 Å². The maximum atomic E-state index is 5.49. The Bertz CT molecular complexity index is 198. The molecule has 3 nitrogen and oxygen atoms in total. The Labute approximate surface area is 98.9 Å². The van der Waals surface area contributed by atoms with E-state index >= 15 is 0 Å². The Kier molecular flexibility index (Phi) is 4.62. The lowest BCUT2D eigenvalue weighted by Crippen LogP contribution is -2.33. The van der Waals surface area contributed by atoms with Crippen molar-refractivity contribution < 1.29 is 9.47 Å². The average Bonchev–Trinajstić information content (AvgIpc) is 3.09. The van der Waals surface area contributed by atoms with Gasteiger partial charge < -0.3 is 14.8 Å². The highest BCUT2D eigenvalue weighted by Crippen LogP contribution is 2.48. The average molecular weight is 227 g/mol. The molecule has 0 radical (unpaired) electrons. The molecule has 1 N–H and O–H groups in total. The number of hydrogen-bond acceptors (Lipinski definition) is 3. The van der Waals surface area contributed by atoms with Crippen molar-refractivity contribution in [3.8, 4) is 0 Å². The third kappa shape index (κ3) is 3.72. The molecule has 2 fully saturated rings. The molecule has 0 amide bonds. The minimum atomic E-state index is 0.575. The molecule has 0 aromatic heterocycles. The summed E-state index contributed by atoms with van der Waals surface area (Å²) in [5.74, 6) is 0.743. The van der Waals surface area contributed by atoms with E-state index in [2.05, 4.69) is 5.32 Å². The van der Waals surface area contributed by atoms with Crippen LogP contribution in [0.2, 0.25) is 0 Å². The first-order valence-electron chi connectivity index (χ1n) is 6.62. The van der Waals surface area contributed by atoms with Gasteiger partial charge in [0.2, 0.25) is 0 Å². The highest BCUT2D eigenvalue weighted by Gasteiger charge is 2.41. The van der Waals surface area contributed by atoms with Crippen LogP contribution in [0, 0.1) is 11.3 Å². The number of rotatable bonds is 7. The first-order valence-corrected chi connectivity index (χ1v) is 6.62. The molecule has 1 heterocycles. The molecule has 2 aliphatic rings. The van der Waals surface area contributed by atoms with E-state index in [-0.39, 0.29) is 0 Å². The molecule has 1 saturated heterocycles. The predicted octanol–water partition coefficient (Wildman–Crippen LogP) is 1.82. The Balaban J connectivity index is 1.56. The second-order valence-electron chi connectivity index (χ2n) is 5.46. The van der Waals surface area contributed by atoms with Crippen LogP contribution in [0.25, 0.3) is 0 Å². The first kappa shape index (κ1) is 12.3. The van der Waals surface area contributed by atoms with Crippen LogP contribution in [0.15, 0.2) is 0 Å². The topological polar surface area (TPSA) is 30.5 Å². The van der Waals surface area contributed by atoms with Crippen LogP contribution in [-0.2, 0) is 9.47 Å². The van der Waals surface area contributed by atoms with E-state index in [0.717, 1.165) is 32.3 Å². The minimum Gasteiger partial charge on any atom is -0.385 e. The maximum absolute atomic E-state index is 5.49. The van der Waals surface area contributed by atoms with Gasteiger partial charge in [-0.2, -0.15) is 0 Å². The van der Waals surface area contributed by atoms with Crippen LogP contribution in [0.3, 0.4) is 0 Å². The third-order valence-corrected chi connectivity index (χ3v) is 3.98. The summed E-state index contributed by atoms with van der Waals surface area (Å²) >= 11 is 0. The summed E-state index contributed by atoms with van der Waals surface area (Å²) in [6.07, 6.45) is 6.55. The zero-order valence-electron chi connectivity index (χ0n) is 10.5. The summed E-state index contributed by atoms with van der Waals surface area (Å²) in [6.45, 7) is 5.14. The fourth-order valence-electron chi connectivity index (χ4n) is 2.52. The molecular weight excluding hydrogens is 202 g/mol. The standard InChI is InChI=1S/C13H25NO2/c1-15-8-6-13(4-5-13)11-14-9-12-3-2-7-16-10-12/h12,14H,2-11H2,1H3. The van der Waals surface area contributed by atoms with Crippen LogP contribution in [0.4, 0.5) is 0 Å². The predicted molar refractivity (Wildman–Crippen MR) is 64.6 cm³/mol. The summed E-state index contributed by atoms with van der Waals surface area (Å²) in [5, 5.41) is 3.63. The van der Waals surface area contributed by atoms with Gasteiger partial charge in [-0.3, -0.25) is 0 Å². The van der Waals surface area contributed by atoms with Gasteiger partial charge in [0.15, 0.2) is 0 Å². The van der Waals surface area contributed by atoms with Gasteiger partial charge in [-0.15, -0.1) is 0 Å². The van der Waals surface area contributed by atoms with Gasteiger partial charge in [0, 0.05) is 33.4 Å². The van der Waals surface area contributed by atoms with E-state index in [1.165, 1.54) is 38.6 Å². The highest BCUT2D eigenvalue weighted by molar-refractivity contribution is 4.94. The highest BCUT2D eigenvalue weighted by atomic mass is 16.5. The molecule has 1 atom stereocenters. The molecule has 1 aliphatic heterocycles. The summed E-state index contributed by atoms with van der Waals surface area (Å²) in [5.41, 5.74) is 0.575. The Morgan fingerprint density at radius 3 is 2.94 bits per heavy atom. The lowest BCUT2D eigenvalue weighted by molar-refractivity contribution is 0.0541. The number of nitrogens with one attached hydrogen (secondary N) is 1. The van der Waals surface area contributed by atoms with Crippen molar-refractivity contribution in [1.29, 1.82) is 0 Å². The monoisotopic (exact) mass is 227 g/mol. The van der Waals surface area contributed by atoms with Gasteiger partial charge in [-0.05, 0) is 43.4 Å². The normalized spacial score (nSPS) is 27.9. The molecule has 0 spiro atoms. The van der Waals surface area contributed by atoms with E-state index < -0.39 is 0 Å². The van der Waals surface area contributed by atoms with Gasteiger partial charge in [-0.1, -0.05) is 0 Å². The van der Waals surface area contributed by atoms with Crippen LogP contribution in [-0.4, -0.2) is 40.0 Å². The SMILES string of the molecule is COCCC1(CNCC2CCCOC2)CC1. The van der Waals surface area contributed by atoms with Gasteiger partial charge in [0.1, 0.15) is 0 Å². The van der Waals surface area contributed by atoms with E-state index in [0.29, 0.717) is 5.41 Å². The van der Waals surface area contributed by atoms with Gasteiger partial charge in [0.05, 0.1) is 6.61 Å². The van der Waals surface area contributed by atoms with E-state index in [1.807, 2.05) is 0 Å². The fourth-order valence-corrected chi connectivity index (χ4v) is 2.52. The molecule has 3 heteroatoms. The maximum Gasteiger partial charge on any atom is 0.0506 e. The van der Waals surface area contributed by atoms with Crippen LogP contribution in [0.5, 0.6) is 0 Å². The molecule has 1 saturated carbocycles. The minimum absolute atomic E-state index is 0.575. The molecule has 0 aromatic carbocycles.